The number of hydrogen-bond acceptors (Lipinski definition) is 5. The first-order valence-electron chi connectivity index (χ1n) is 4.86. The van der Waals surface area contributed by atoms with Gasteiger partial charge in [0.05, 0.1) is 11.9 Å². The van der Waals surface area contributed by atoms with Gasteiger partial charge in [-0.3, -0.25) is 4.79 Å². The molecular formula is C10H8Cl2N4OS. The number of carbonyl (C=O) groups is 1. The second-order valence-corrected chi connectivity index (χ2v) is 4.86. The van der Waals surface area contributed by atoms with Crippen molar-refractivity contribution in [2.75, 3.05) is 12.4 Å². The Labute approximate surface area is 117 Å². The minimum Gasteiger partial charge on any atom is -0.354 e. The quantitative estimate of drug-likeness (QED) is 0.856. The van der Waals surface area contributed by atoms with E-state index in [4.69, 9.17) is 23.2 Å². The lowest BCUT2D eigenvalue weighted by molar-refractivity contribution is 0.0968. The van der Waals surface area contributed by atoms with Crippen molar-refractivity contribution in [1.82, 2.24) is 15.3 Å². The fourth-order valence-electron chi connectivity index (χ4n) is 1.26. The third-order valence-corrected chi connectivity index (χ3v) is 3.44. The van der Waals surface area contributed by atoms with Crippen LogP contribution in [0.2, 0.25) is 10.3 Å². The highest BCUT2D eigenvalue weighted by molar-refractivity contribution is 7.12. The van der Waals surface area contributed by atoms with Crippen LogP contribution in [0.3, 0.4) is 0 Å². The Kier molecular flexibility index (Phi) is 4.00. The number of anilines is 2. The first-order chi connectivity index (χ1) is 8.61. The van der Waals surface area contributed by atoms with E-state index < -0.39 is 0 Å². The predicted octanol–water partition coefficient (Wildman–Crippen LogP) is 2.95. The minimum atomic E-state index is -0.177. The lowest BCUT2D eigenvalue weighted by atomic mass is 10.3. The lowest BCUT2D eigenvalue weighted by Crippen LogP contribution is -2.17. The van der Waals surface area contributed by atoms with E-state index in [1.54, 1.807) is 18.5 Å². The molecule has 0 saturated heterocycles. The number of nitrogens with one attached hydrogen (secondary N) is 2. The van der Waals surface area contributed by atoms with Crippen LogP contribution < -0.4 is 10.6 Å². The number of halogens is 2. The molecule has 0 unspecified atom stereocenters. The van der Waals surface area contributed by atoms with Gasteiger partial charge in [0.2, 0.25) is 5.28 Å². The van der Waals surface area contributed by atoms with E-state index in [0.29, 0.717) is 21.4 Å². The van der Waals surface area contributed by atoms with Crippen LogP contribution in [0, 0.1) is 0 Å². The van der Waals surface area contributed by atoms with Gasteiger partial charge < -0.3 is 10.6 Å². The van der Waals surface area contributed by atoms with Gasteiger partial charge in [0.25, 0.3) is 5.91 Å². The first kappa shape index (κ1) is 13.1. The molecule has 1 amide bonds. The summed E-state index contributed by atoms with van der Waals surface area (Å²) >= 11 is 12.9. The standard InChI is InChI=1S/C10H8Cl2N4OS/c1-13-9(17)7-6(2-3-18-7)15-8-5(11)4-14-10(12)16-8/h2-4H,1H3,(H,13,17)(H,14,15,16). The maximum absolute atomic E-state index is 11.6. The van der Waals surface area contributed by atoms with Crippen molar-refractivity contribution in [2.24, 2.45) is 0 Å². The van der Waals surface area contributed by atoms with Crippen molar-refractivity contribution in [3.63, 3.8) is 0 Å². The molecule has 5 nitrogen and oxygen atoms in total. The molecule has 2 aromatic rings. The van der Waals surface area contributed by atoms with Gasteiger partial charge in [-0.1, -0.05) is 11.6 Å². The number of hydrogen-bond donors (Lipinski definition) is 2. The van der Waals surface area contributed by atoms with Crippen LogP contribution in [0.4, 0.5) is 11.5 Å². The maximum Gasteiger partial charge on any atom is 0.263 e. The molecule has 2 rings (SSSR count). The van der Waals surface area contributed by atoms with Gasteiger partial charge in [-0.05, 0) is 23.0 Å². The van der Waals surface area contributed by atoms with Gasteiger partial charge >= 0.3 is 0 Å². The summed E-state index contributed by atoms with van der Waals surface area (Å²) in [5, 5.41) is 7.72. The lowest BCUT2D eigenvalue weighted by Gasteiger charge is -2.07. The van der Waals surface area contributed by atoms with Crippen molar-refractivity contribution in [2.45, 2.75) is 0 Å². The second-order valence-electron chi connectivity index (χ2n) is 3.20. The third kappa shape index (κ3) is 2.72. The molecule has 0 aliphatic heterocycles. The minimum absolute atomic E-state index is 0.0821. The van der Waals surface area contributed by atoms with Crippen molar-refractivity contribution < 1.29 is 4.79 Å². The van der Waals surface area contributed by atoms with Crippen molar-refractivity contribution >= 4 is 52.0 Å². The largest absolute Gasteiger partial charge is 0.354 e. The maximum atomic E-state index is 11.6. The van der Waals surface area contributed by atoms with Crippen LogP contribution in [-0.4, -0.2) is 22.9 Å². The monoisotopic (exact) mass is 302 g/mol. The highest BCUT2D eigenvalue weighted by atomic mass is 35.5. The van der Waals surface area contributed by atoms with Crippen LogP contribution in [-0.2, 0) is 0 Å². The summed E-state index contributed by atoms with van der Waals surface area (Å²) in [4.78, 5) is 19.9. The van der Waals surface area contributed by atoms with E-state index in [2.05, 4.69) is 20.6 Å². The Morgan fingerprint density at radius 1 is 1.44 bits per heavy atom. The van der Waals surface area contributed by atoms with Crippen LogP contribution in [0.1, 0.15) is 9.67 Å². The predicted molar refractivity (Wildman–Crippen MR) is 73.0 cm³/mol. The molecule has 0 fully saturated rings. The molecule has 0 radical (unpaired) electrons. The van der Waals surface area contributed by atoms with Gasteiger partial charge in [0.15, 0.2) is 5.82 Å². The number of thiophene rings is 1. The van der Waals surface area contributed by atoms with E-state index in [0.717, 1.165) is 0 Å². The topological polar surface area (TPSA) is 66.9 Å². The molecule has 0 saturated carbocycles. The second kappa shape index (κ2) is 5.51. The summed E-state index contributed by atoms with van der Waals surface area (Å²) in [7, 11) is 1.57. The van der Waals surface area contributed by atoms with E-state index in [-0.39, 0.29) is 11.2 Å². The van der Waals surface area contributed by atoms with Crippen molar-refractivity contribution in [1.29, 1.82) is 0 Å². The molecule has 0 spiro atoms. The summed E-state index contributed by atoms with van der Waals surface area (Å²) in [6.07, 6.45) is 1.39. The van der Waals surface area contributed by atoms with E-state index in [1.165, 1.54) is 17.5 Å². The van der Waals surface area contributed by atoms with Gasteiger partial charge in [-0.2, -0.15) is 4.98 Å². The summed E-state index contributed by atoms with van der Waals surface area (Å²) < 4.78 is 0. The molecule has 2 aromatic heterocycles. The Bertz CT molecular complexity index is 587. The van der Waals surface area contributed by atoms with Gasteiger partial charge in [0.1, 0.15) is 9.90 Å². The van der Waals surface area contributed by atoms with Crippen molar-refractivity contribution in [3.8, 4) is 0 Å². The normalized spacial score (nSPS) is 10.2. The highest BCUT2D eigenvalue weighted by Crippen LogP contribution is 2.28. The zero-order chi connectivity index (χ0) is 13.1. The number of nitrogens with zero attached hydrogens (tertiary/aromatic N) is 2. The van der Waals surface area contributed by atoms with Gasteiger partial charge in [-0.15, -0.1) is 11.3 Å². The molecule has 0 aliphatic carbocycles. The highest BCUT2D eigenvalue weighted by Gasteiger charge is 2.13. The Balaban J connectivity index is 2.32. The van der Waals surface area contributed by atoms with Crippen molar-refractivity contribution in [3.05, 3.63) is 32.8 Å². The summed E-state index contributed by atoms with van der Waals surface area (Å²) in [5.74, 6) is 0.184. The SMILES string of the molecule is CNC(=O)c1sccc1Nc1nc(Cl)ncc1Cl. The average molecular weight is 303 g/mol. The molecule has 18 heavy (non-hydrogen) atoms. The number of rotatable bonds is 3. The first-order valence-corrected chi connectivity index (χ1v) is 6.50. The zero-order valence-electron chi connectivity index (χ0n) is 9.20. The fourth-order valence-corrected chi connectivity index (χ4v) is 2.32. The molecule has 94 valence electrons. The molecule has 0 bridgehead atoms. The summed E-state index contributed by atoms with van der Waals surface area (Å²) in [5.41, 5.74) is 0.621. The molecule has 0 atom stereocenters. The number of amides is 1. The molecule has 2 N–H and O–H groups in total. The van der Waals surface area contributed by atoms with Crippen LogP contribution in [0.25, 0.3) is 0 Å². The molecule has 0 aromatic carbocycles. The average Bonchev–Trinajstić information content (AvgIpc) is 2.81. The molecular weight excluding hydrogens is 295 g/mol. The Morgan fingerprint density at radius 3 is 2.94 bits per heavy atom. The molecule has 8 heteroatoms. The zero-order valence-corrected chi connectivity index (χ0v) is 11.5. The summed E-state index contributed by atoms with van der Waals surface area (Å²) in [6, 6.07) is 1.77. The van der Waals surface area contributed by atoms with E-state index >= 15 is 0 Å². The Hall–Kier alpha value is -1.37. The van der Waals surface area contributed by atoms with Gasteiger partial charge in [0, 0.05) is 7.05 Å². The van der Waals surface area contributed by atoms with E-state index in [9.17, 15) is 4.79 Å². The molecule has 2 heterocycles. The molecule has 0 aliphatic rings. The smallest absolute Gasteiger partial charge is 0.263 e. The van der Waals surface area contributed by atoms with E-state index in [1.807, 2.05) is 0 Å². The third-order valence-electron chi connectivity index (χ3n) is 2.07. The summed E-state index contributed by atoms with van der Waals surface area (Å²) in [6.45, 7) is 0. The van der Waals surface area contributed by atoms with Crippen LogP contribution in [0.5, 0.6) is 0 Å². The number of carbonyl (C=O) groups excluding carboxylic acids is 1. The Morgan fingerprint density at radius 2 is 2.22 bits per heavy atom. The van der Waals surface area contributed by atoms with Crippen LogP contribution in [0.15, 0.2) is 17.6 Å². The van der Waals surface area contributed by atoms with Gasteiger partial charge in [-0.25, -0.2) is 4.98 Å². The van der Waals surface area contributed by atoms with Crippen LogP contribution >= 0.6 is 34.5 Å². The fraction of sp³-hybridized carbons (Fsp3) is 0.100. The number of aromatic nitrogens is 2.